The van der Waals surface area contributed by atoms with Crippen molar-refractivity contribution in [3.05, 3.63) is 0 Å². The predicted octanol–water partition coefficient (Wildman–Crippen LogP) is 2.56. The summed E-state index contributed by atoms with van der Waals surface area (Å²) in [5.41, 5.74) is -1.98. The number of aliphatic carboxylic acids is 1. The molecule has 0 aliphatic carbocycles. The topological polar surface area (TPSA) is 40.5 Å². The van der Waals surface area contributed by atoms with Crippen molar-refractivity contribution in [2.45, 2.75) is 46.2 Å². The van der Waals surface area contributed by atoms with Crippen LogP contribution in [0.4, 0.5) is 4.39 Å². The van der Waals surface area contributed by atoms with Gasteiger partial charge in [-0.2, -0.15) is 0 Å². The number of carboxylic acids is 1. The Morgan fingerprint density at radius 1 is 1.38 bits per heavy atom. The SMILES string of the molecule is CC.CC(C)CN1CCC(F)(C(=O)O)CC1. The summed E-state index contributed by atoms with van der Waals surface area (Å²) < 4.78 is 13.6. The molecule has 4 heteroatoms. The van der Waals surface area contributed by atoms with Crippen LogP contribution in [-0.4, -0.2) is 41.3 Å². The Hall–Kier alpha value is -0.640. The molecule has 96 valence electrons. The third kappa shape index (κ3) is 4.47. The van der Waals surface area contributed by atoms with Crippen LogP contribution in [-0.2, 0) is 4.79 Å². The number of halogens is 1. The molecule has 0 saturated carbocycles. The molecule has 0 amide bonds. The van der Waals surface area contributed by atoms with Crippen LogP contribution in [0.2, 0.25) is 0 Å². The third-order valence-electron chi connectivity index (χ3n) is 2.66. The molecule has 0 spiro atoms. The van der Waals surface area contributed by atoms with E-state index >= 15 is 0 Å². The van der Waals surface area contributed by atoms with Gasteiger partial charge in [0.15, 0.2) is 0 Å². The van der Waals surface area contributed by atoms with Crippen molar-refractivity contribution in [3.8, 4) is 0 Å². The molecule has 0 radical (unpaired) electrons. The summed E-state index contributed by atoms with van der Waals surface area (Å²) >= 11 is 0. The van der Waals surface area contributed by atoms with Gasteiger partial charge in [0.1, 0.15) is 0 Å². The van der Waals surface area contributed by atoms with Gasteiger partial charge >= 0.3 is 5.97 Å². The van der Waals surface area contributed by atoms with E-state index in [9.17, 15) is 9.18 Å². The largest absolute Gasteiger partial charge is 0.479 e. The van der Waals surface area contributed by atoms with Gasteiger partial charge in [0.2, 0.25) is 5.67 Å². The molecule has 1 heterocycles. The molecule has 1 fully saturated rings. The van der Waals surface area contributed by atoms with Crippen molar-refractivity contribution in [2.75, 3.05) is 19.6 Å². The van der Waals surface area contributed by atoms with Crippen LogP contribution in [0.25, 0.3) is 0 Å². The minimum Gasteiger partial charge on any atom is -0.479 e. The van der Waals surface area contributed by atoms with Gasteiger partial charge in [0.05, 0.1) is 0 Å². The molecule has 0 atom stereocenters. The van der Waals surface area contributed by atoms with E-state index in [0.29, 0.717) is 19.0 Å². The van der Waals surface area contributed by atoms with E-state index in [2.05, 4.69) is 18.7 Å². The normalized spacial score (nSPS) is 20.1. The maximum atomic E-state index is 13.6. The lowest BCUT2D eigenvalue weighted by atomic mass is 9.93. The summed E-state index contributed by atoms with van der Waals surface area (Å²) in [4.78, 5) is 12.7. The average molecular weight is 233 g/mol. The van der Waals surface area contributed by atoms with Crippen LogP contribution in [0.3, 0.4) is 0 Å². The fourth-order valence-electron chi connectivity index (χ4n) is 1.82. The van der Waals surface area contributed by atoms with Crippen LogP contribution in [0.1, 0.15) is 40.5 Å². The van der Waals surface area contributed by atoms with E-state index in [1.165, 1.54) is 0 Å². The Labute approximate surface area is 97.6 Å². The molecule has 0 unspecified atom stereocenters. The Balaban J connectivity index is 0.00000106. The van der Waals surface area contributed by atoms with Gasteiger partial charge in [0, 0.05) is 32.5 Å². The van der Waals surface area contributed by atoms with Crippen molar-refractivity contribution in [1.29, 1.82) is 0 Å². The number of hydrogen-bond acceptors (Lipinski definition) is 2. The highest BCUT2D eigenvalue weighted by Gasteiger charge is 2.41. The smallest absolute Gasteiger partial charge is 0.341 e. The summed E-state index contributed by atoms with van der Waals surface area (Å²) in [5.74, 6) is -0.756. The molecule has 0 bridgehead atoms. The molecule has 3 nitrogen and oxygen atoms in total. The second-order valence-corrected chi connectivity index (χ2v) is 4.46. The highest BCUT2D eigenvalue weighted by Crippen LogP contribution is 2.26. The molecule has 1 rings (SSSR count). The minimum atomic E-state index is -1.98. The number of piperidine rings is 1. The van der Waals surface area contributed by atoms with Crippen LogP contribution >= 0.6 is 0 Å². The van der Waals surface area contributed by atoms with Crippen LogP contribution in [0.15, 0.2) is 0 Å². The monoisotopic (exact) mass is 233 g/mol. The van der Waals surface area contributed by atoms with E-state index in [4.69, 9.17) is 5.11 Å². The van der Waals surface area contributed by atoms with Crippen LogP contribution < -0.4 is 0 Å². The number of hydrogen-bond donors (Lipinski definition) is 1. The predicted molar refractivity (Wildman–Crippen MR) is 63.3 cm³/mol. The summed E-state index contributed by atoms with van der Waals surface area (Å²) in [6.45, 7) is 10.3. The zero-order valence-electron chi connectivity index (χ0n) is 10.8. The van der Waals surface area contributed by atoms with E-state index in [1.807, 2.05) is 13.8 Å². The number of carbonyl (C=O) groups is 1. The Morgan fingerprint density at radius 2 is 1.81 bits per heavy atom. The first-order chi connectivity index (χ1) is 7.44. The van der Waals surface area contributed by atoms with E-state index in [-0.39, 0.29) is 12.8 Å². The van der Waals surface area contributed by atoms with Crippen LogP contribution in [0, 0.1) is 5.92 Å². The third-order valence-corrected chi connectivity index (χ3v) is 2.66. The number of rotatable bonds is 3. The van der Waals surface area contributed by atoms with Gasteiger partial charge in [-0.15, -0.1) is 0 Å². The lowest BCUT2D eigenvalue weighted by Gasteiger charge is -2.34. The number of alkyl halides is 1. The first-order valence-corrected chi connectivity index (χ1v) is 6.09. The molecule has 1 saturated heterocycles. The Morgan fingerprint density at radius 3 is 2.12 bits per heavy atom. The first-order valence-electron chi connectivity index (χ1n) is 6.09. The van der Waals surface area contributed by atoms with E-state index < -0.39 is 11.6 Å². The molecule has 1 aliphatic heterocycles. The number of nitrogens with zero attached hydrogens (tertiary/aromatic N) is 1. The number of likely N-dealkylation sites (tertiary alicyclic amines) is 1. The first kappa shape index (κ1) is 15.4. The van der Waals surface area contributed by atoms with Crippen molar-refractivity contribution in [1.82, 2.24) is 4.90 Å². The Bertz CT molecular complexity index is 211. The minimum absolute atomic E-state index is 0.120. The standard InChI is InChI=1S/C10H18FNO2.C2H6/c1-8(2)7-12-5-3-10(11,4-6-12)9(13)14;1-2/h8H,3-7H2,1-2H3,(H,13,14);1-2H3. The van der Waals surface area contributed by atoms with Gasteiger partial charge < -0.3 is 10.0 Å². The number of carboxylic acid groups (broad SMARTS) is 1. The zero-order chi connectivity index (χ0) is 12.8. The lowest BCUT2D eigenvalue weighted by molar-refractivity contribution is -0.154. The summed E-state index contributed by atoms with van der Waals surface area (Å²) in [6, 6.07) is 0. The van der Waals surface area contributed by atoms with Crippen molar-refractivity contribution >= 4 is 5.97 Å². The molecular formula is C12H24FNO2. The van der Waals surface area contributed by atoms with E-state index in [0.717, 1.165) is 6.54 Å². The maximum Gasteiger partial charge on any atom is 0.341 e. The Kier molecular flexibility index (Phi) is 6.56. The molecule has 0 aromatic carbocycles. The van der Waals surface area contributed by atoms with Crippen molar-refractivity contribution in [2.24, 2.45) is 5.92 Å². The molecule has 1 N–H and O–H groups in total. The van der Waals surface area contributed by atoms with Gasteiger partial charge in [-0.1, -0.05) is 27.7 Å². The maximum absolute atomic E-state index is 13.6. The molecule has 0 aromatic heterocycles. The summed E-state index contributed by atoms with van der Waals surface area (Å²) in [7, 11) is 0. The lowest BCUT2D eigenvalue weighted by Crippen LogP contribution is -2.47. The second kappa shape index (κ2) is 6.84. The molecule has 0 aromatic rings. The van der Waals surface area contributed by atoms with Gasteiger partial charge in [-0.3, -0.25) is 0 Å². The highest BCUT2D eigenvalue weighted by molar-refractivity contribution is 5.77. The van der Waals surface area contributed by atoms with Gasteiger partial charge in [0.25, 0.3) is 0 Å². The van der Waals surface area contributed by atoms with Crippen LogP contribution in [0.5, 0.6) is 0 Å². The fraction of sp³-hybridized carbons (Fsp3) is 0.917. The quantitative estimate of drug-likeness (QED) is 0.814. The molecular weight excluding hydrogens is 209 g/mol. The van der Waals surface area contributed by atoms with Crippen molar-refractivity contribution < 1.29 is 14.3 Å². The van der Waals surface area contributed by atoms with Gasteiger partial charge in [-0.25, -0.2) is 9.18 Å². The highest BCUT2D eigenvalue weighted by atomic mass is 19.1. The summed E-state index contributed by atoms with van der Waals surface area (Å²) in [6.07, 6.45) is 0.240. The second-order valence-electron chi connectivity index (χ2n) is 4.46. The fourth-order valence-corrected chi connectivity index (χ4v) is 1.82. The van der Waals surface area contributed by atoms with Crippen molar-refractivity contribution in [3.63, 3.8) is 0 Å². The molecule has 1 aliphatic rings. The van der Waals surface area contributed by atoms with E-state index in [1.54, 1.807) is 0 Å². The van der Waals surface area contributed by atoms with Gasteiger partial charge in [-0.05, 0) is 5.92 Å². The summed E-state index contributed by atoms with van der Waals surface area (Å²) in [5, 5.41) is 8.67. The molecule has 16 heavy (non-hydrogen) atoms. The average Bonchev–Trinajstić information content (AvgIpc) is 2.24. The zero-order valence-corrected chi connectivity index (χ0v) is 10.8.